The van der Waals surface area contributed by atoms with Crippen LogP contribution in [0, 0.1) is 12.8 Å². The smallest absolute Gasteiger partial charge is 0.355 e. The highest BCUT2D eigenvalue weighted by Crippen LogP contribution is 2.33. The average molecular weight is 309 g/mol. The van der Waals surface area contributed by atoms with E-state index < -0.39 is 12.6 Å². The molecular formula is C16H18F3N3. The summed E-state index contributed by atoms with van der Waals surface area (Å²) in [5.74, 6) is 1.10. The number of aromatic nitrogens is 2. The molecule has 0 atom stereocenters. The lowest BCUT2D eigenvalue weighted by atomic mass is 10.1. The van der Waals surface area contributed by atoms with E-state index in [2.05, 4.69) is 9.97 Å². The number of benzene rings is 1. The topological polar surface area (TPSA) is 29.0 Å². The zero-order valence-corrected chi connectivity index (χ0v) is 12.4. The normalized spacial score (nSPS) is 15.3. The fourth-order valence-electron chi connectivity index (χ4n) is 2.57. The van der Waals surface area contributed by atoms with Gasteiger partial charge in [-0.05, 0) is 37.8 Å². The van der Waals surface area contributed by atoms with Crippen LogP contribution in [0.1, 0.15) is 24.8 Å². The summed E-state index contributed by atoms with van der Waals surface area (Å²) in [5.41, 5.74) is 1.81. The maximum Gasteiger partial charge on any atom is 0.390 e. The third-order valence-corrected chi connectivity index (χ3v) is 3.91. The lowest BCUT2D eigenvalue weighted by Gasteiger charge is -2.25. The van der Waals surface area contributed by atoms with E-state index in [-0.39, 0.29) is 6.54 Å². The zero-order valence-electron chi connectivity index (χ0n) is 12.4. The molecule has 0 aliphatic heterocycles. The van der Waals surface area contributed by atoms with E-state index in [1.54, 1.807) is 4.90 Å². The van der Waals surface area contributed by atoms with Crippen molar-refractivity contribution in [1.82, 2.24) is 9.97 Å². The van der Waals surface area contributed by atoms with Crippen LogP contribution in [-0.2, 0) is 0 Å². The summed E-state index contributed by atoms with van der Waals surface area (Å²) in [7, 11) is 0. The summed E-state index contributed by atoms with van der Waals surface area (Å²) in [6.45, 7) is 2.54. The molecule has 1 aliphatic rings. The molecule has 2 aromatic rings. The Morgan fingerprint density at radius 1 is 1.23 bits per heavy atom. The molecule has 0 unspecified atom stereocenters. The highest BCUT2D eigenvalue weighted by molar-refractivity contribution is 5.89. The number of anilines is 1. The molecule has 1 aromatic carbocycles. The molecule has 0 bridgehead atoms. The van der Waals surface area contributed by atoms with Gasteiger partial charge in [0.15, 0.2) is 0 Å². The van der Waals surface area contributed by atoms with Gasteiger partial charge in [0.05, 0.1) is 11.9 Å². The highest BCUT2D eigenvalue weighted by Gasteiger charge is 2.31. The van der Waals surface area contributed by atoms with E-state index >= 15 is 0 Å². The van der Waals surface area contributed by atoms with Crippen molar-refractivity contribution in [2.24, 2.45) is 5.92 Å². The van der Waals surface area contributed by atoms with Gasteiger partial charge in [0.25, 0.3) is 0 Å². The van der Waals surface area contributed by atoms with E-state index in [0.29, 0.717) is 18.3 Å². The van der Waals surface area contributed by atoms with Gasteiger partial charge in [0.1, 0.15) is 12.1 Å². The number of alkyl halides is 3. The molecule has 0 amide bonds. The second-order valence-electron chi connectivity index (χ2n) is 5.97. The summed E-state index contributed by atoms with van der Waals surface area (Å²) in [6, 6.07) is 5.77. The van der Waals surface area contributed by atoms with Crippen LogP contribution in [0.15, 0.2) is 24.5 Å². The SMILES string of the molecule is Cc1ccc2ncnc(N(CCC(F)(F)F)CC3CC3)c2c1. The fourth-order valence-corrected chi connectivity index (χ4v) is 2.57. The first-order valence-corrected chi connectivity index (χ1v) is 7.45. The van der Waals surface area contributed by atoms with Gasteiger partial charge in [-0.2, -0.15) is 13.2 Å². The van der Waals surface area contributed by atoms with Crippen molar-refractivity contribution in [3.63, 3.8) is 0 Å². The minimum atomic E-state index is -4.15. The van der Waals surface area contributed by atoms with Gasteiger partial charge >= 0.3 is 6.18 Å². The molecule has 1 saturated carbocycles. The van der Waals surface area contributed by atoms with Crippen molar-refractivity contribution >= 4 is 16.7 Å². The van der Waals surface area contributed by atoms with E-state index in [9.17, 15) is 13.2 Å². The van der Waals surface area contributed by atoms with Crippen molar-refractivity contribution in [1.29, 1.82) is 0 Å². The van der Waals surface area contributed by atoms with E-state index in [4.69, 9.17) is 0 Å². The number of halogens is 3. The van der Waals surface area contributed by atoms with Crippen LogP contribution >= 0.6 is 0 Å². The van der Waals surface area contributed by atoms with Crippen LogP contribution in [0.4, 0.5) is 19.0 Å². The summed E-state index contributed by atoms with van der Waals surface area (Å²) < 4.78 is 37.8. The number of nitrogens with zero attached hydrogens (tertiary/aromatic N) is 3. The first kappa shape index (κ1) is 15.1. The van der Waals surface area contributed by atoms with Crippen molar-refractivity contribution < 1.29 is 13.2 Å². The molecule has 118 valence electrons. The monoisotopic (exact) mass is 309 g/mol. The molecule has 1 aliphatic carbocycles. The van der Waals surface area contributed by atoms with Crippen LogP contribution in [0.2, 0.25) is 0 Å². The second kappa shape index (κ2) is 5.74. The Hall–Kier alpha value is -1.85. The summed E-state index contributed by atoms with van der Waals surface area (Å²) in [6.07, 6.45) is -1.37. The third-order valence-electron chi connectivity index (χ3n) is 3.91. The number of rotatable bonds is 5. The Bertz CT molecular complexity index is 665. The summed E-state index contributed by atoms with van der Waals surface area (Å²) in [4.78, 5) is 10.3. The first-order valence-electron chi connectivity index (χ1n) is 7.45. The average Bonchev–Trinajstić information content (AvgIpc) is 3.26. The Morgan fingerprint density at radius 3 is 2.68 bits per heavy atom. The van der Waals surface area contributed by atoms with Crippen LogP contribution in [-0.4, -0.2) is 29.2 Å². The molecule has 3 rings (SSSR count). The molecule has 1 fully saturated rings. The molecule has 22 heavy (non-hydrogen) atoms. The molecule has 1 aromatic heterocycles. The summed E-state index contributed by atoms with van der Waals surface area (Å²) >= 11 is 0. The predicted molar refractivity (Wildman–Crippen MR) is 79.9 cm³/mol. The third kappa shape index (κ3) is 3.67. The molecule has 0 saturated heterocycles. The molecular weight excluding hydrogens is 291 g/mol. The summed E-state index contributed by atoms with van der Waals surface area (Å²) in [5, 5.41) is 0.824. The lowest BCUT2D eigenvalue weighted by molar-refractivity contribution is -0.132. The van der Waals surface area contributed by atoms with Gasteiger partial charge in [0.2, 0.25) is 0 Å². The Morgan fingerprint density at radius 2 is 2.00 bits per heavy atom. The fraction of sp³-hybridized carbons (Fsp3) is 0.500. The van der Waals surface area contributed by atoms with Crippen molar-refractivity contribution in [2.45, 2.75) is 32.4 Å². The highest BCUT2D eigenvalue weighted by atomic mass is 19.4. The lowest BCUT2D eigenvalue weighted by Crippen LogP contribution is -2.31. The minimum Gasteiger partial charge on any atom is -0.355 e. The van der Waals surface area contributed by atoms with E-state index in [1.807, 2.05) is 25.1 Å². The molecule has 0 radical (unpaired) electrons. The Kier molecular flexibility index (Phi) is 3.93. The van der Waals surface area contributed by atoms with Crippen LogP contribution in [0.25, 0.3) is 10.9 Å². The predicted octanol–water partition coefficient (Wildman–Crippen LogP) is 4.11. The van der Waals surface area contributed by atoms with Crippen LogP contribution in [0.3, 0.4) is 0 Å². The van der Waals surface area contributed by atoms with Gasteiger partial charge < -0.3 is 4.90 Å². The standard InChI is InChI=1S/C16H18F3N3/c1-11-2-5-14-13(8-11)15(21-10-20-14)22(9-12-3-4-12)7-6-16(17,18)19/h2,5,8,10,12H,3-4,6-7,9H2,1H3. The number of aryl methyl sites for hydroxylation is 1. The molecule has 0 N–H and O–H groups in total. The molecule has 6 heteroatoms. The number of hydrogen-bond acceptors (Lipinski definition) is 3. The minimum absolute atomic E-state index is 0.0555. The molecule has 3 nitrogen and oxygen atoms in total. The maximum atomic E-state index is 12.6. The van der Waals surface area contributed by atoms with E-state index in [1.165, 1.54) is 6.33 Å². The molecule has 0 spiro atoms. The number of fused-ring (bicyclic) bond motifs is 1. The van der Waals surface area contributed by atoms with Gasteiger partial charge in [-0.3, -0.25) is 0 Å². The Labute approximate surface area is 127 Å². The van der Waals surface area contributed by atoms with Crippen molar-refractivity contribution in [3.05, 3.63) is 30.1 Å². The van der Waals surface area contributed by atoms with Crippen LogP contribution in [0.5, 0.6) is 0 Å². The second-order valence-corrected chi connectivity index (χ2v) is 5.97. The number of hydrogen-bond donors (Lipinski definition) is 0. The van der Waals surface area contributed by atoms with Gasteiger partial charge in [-0.1, -0.05) is 11.6 Å². The zero-order chi connectivity index (χ0) is 15.7. The van der Waals surface area contributed by atoms with E-state index in [0.717, 1.165) is 29.3 Å². The van der Waals surface area contributed by atoms with Crippen molar-refractivity contribution in [2.75, 3.05) is 18.0 Å². The molecule has 1 heterocycles. The first-order chi connectivity index (χ1) is 10.4. The van der Waals surface area contributed by atoms with Crippen molar-refractivity contribution in [3.8, 4) is 0 Å². The largest absolute Gasteiger partial charge is 0.390 e. The van der Waals surface area contributed by atoms with Gasteiger partial charge in [-0.15, -0.1) is 0 Å². The van der Waals surface area contributed by atoms with Crippen LogP contribution < -0.4 is 4.90 Å². The Balaban J connectivity index is 1.93. The van der Waals surface area contributed by atoms with Gasteiger partial charge in [-0.25, -0.2) is 9.97 Å². The maximum absolute atomic E-state index is 12.6. The quantitative estimate of drug-likeness (QED) is 0.832. The van der Waals surface area contributed by atoms with Gasteiger partial charge in [0, 0.05) is 18.5 Å².